The summed E-state index contributed by atoms with van der Waals surface area (Å²) in [6.45, 7) is 3.16. The number of hydrogen-bond acceptors (Lipinski definition) is 4. The van der Waals surface area contributed by atoms with Gasteiger partial charge in [0.2, 0.25) is 5.89 Å². The van der Waals surface area contributed by atoms with E-state index in [2.05, 4.69) is 43.0 Å². The molecule has 3 aromatic heterocycles. The van der Waals surface area contributed by atoms with Crippen LogP contribution in [0, 0.1) is 6.92 Å². The number of pyridine rings is 1. The van der Waals surface area contributed by atoms with Gasteiger partial charge < -0.3 is 19.5 Å². The molecule has 1 aromatic carbocycles. The summed E-state index contributed by atoms with van der Waals surface area (Å²) in [5, 5.41) is 6.53. The third kappa shape index (κ3) is 4.94. The van der Waals surface area contributed by atoms with Crippen LogP contribution in [0.5, 0.6) is 0 Å². The maximum absolute atomic E-state index is 5.57. The Morgan fingerprint density at radius 3 is 2.48 bits per heavy atom. The van der Waals surface area contributed by atoms with E-state index in [1.54, 1.807) is 13.3 Å². The van der Waals surface area contributed by atoms with Crippen LogP contribution in [0.1, 0.15) is 17.1 Å². The maximum atomic E-state index is 5.57. The Labute approximate surface area is 186 Å². The number of halogens is 1. The van der Waals surface area contributed by atoms with Crippen molar-refractivity contribution >= 4 is 35.6 Å². The highest BCUT2D eigenvalue weighted by Gasteiger charge is 2.08. The zero-order valence-electron chi connectivity index (χ0n) is 16.3. The van der Waals surface area contributed by atoms with Crippen molar-refractivity contribution in [2.45, 2.75) is 20.0 Å². The fraction of sp³-hybridized carbons (Fsp3) is 0.190. The Kier molecular flexibility index (Phi) is 6.86. The number of aliphatic imine (C=N–C) groups is 1. The molecule has 0 atom stereocenters. The first-order chi connectivity index (χ1) is 13.7. The largest absolute Gasteiger partial charge is 0.444 e. The predicted octanol–water partition coefficient (Wildman–Crippen LogP) is 3.78. The van der Waals surface area contributed by atoms with Crippen LogP contribution in [-0.4, -0.2) is 27.4 Å². The van der Waals surface area contributed by atoms with Crippen LogP contribution in [0.25, 0.3) is 17.1 Å². The van der Waals surface area contributed by atoms with Crippen molar-refractivity contribution in [2.24, 2.45) is 4.99 Å². The van der Waals surface area contributed by atoms with Gasteiger partial charge in [0.15, 0.2) is 5.96 Å². The van der Waals surface area contributed by atoms with Gasteiger partial charge in [-0.3, -0.25) is 4.99 Å². The standard InChI is InChI=1S/C21H22N6O.HI/c1-15-7-6-10-19-25-17(13-27(15)19)11-23-21(22-2)24-12-18-14-28-20(26-18)16-8-4-3-5-9-16;/h3-10,13-14H,11-12H2,1-2H3,(H2,22,23,24);1H. The smallest absolute Gasteiger partial charge is 0.226 e. The summed E-state index contributed by atoms with van der Waals surface area (Å²) in [5.41, 5.74) is 4.81. The van der Waals surface area contributed by atoms with Crippen molar-refractivity contribution in [1.29, 1.82) is 0 Å². The maximum Gasteiger partial charge on any atom is 0.226 e. The molecular weight excluding hydrogens is 479 g/mol. The average Bonchev–Trinajstić information content (AvgIpc) is 3.36. The number of aromatic nitrogens is 3. The molecule has 0 aliphatic heterocycles. The van der Waals surface area contributed by atoms with E-state index in [1.807, 2.05) is 48.7 Å². The van der Waals surface area contributed by atoms with Gasteiger partial charge in [-0.25, -0.2) is 9.97 Å². The number of aryl methyl sites for hydroxylation is 1. The minimum Gasteiger partial charge on any atom is -0.444 e. The van der Waals surface area contributed by atoms with Gasteiger partial charge in [0.25, 0.3) is 0 Å². The first-order valence-electron chi connectivity index (χ1n) is 9.11. The molecule has 0 bridgehead atoms. The molecule has 4 rings (SSSR count). The molecule has 0 saturated carbocycles. The Morgan fingerprint density at radius 1 is 1.00 bits per heavy atom. The number of fused-ring (bicyclic) bond motifs is 1. The van der Waals surface area contributed by atoms with Gasteiger partial charge in [-0.15, -0.1) is 24.0 Å². The SMILES string of the molecule is CN=C(NCc1coc(-c2ccccc2)n1)NCc1cn2c(C)cccc2n1.I. The Bertz CT molecular complexity index is 1100. The van der Waals surface area contributed by atoms with Gasteiger partial charge in [0.05, 0.1) is 24.5 Å². The highest BCUT2D eigenvalue weighted by molar-refractivity contribution is 14.0. The highest BCUT2D eigenvalue weighted by Crippen LogP contribution is 2.17. The van der Waals surface area contributed by atoms with Crippen LogP contribution in [-0.2, 0) is 13.1 Å². The lowest BCUT2D eigenvalue weighted by atomic mass is 10.2. The molecular formula is C21H23IN6O. The second kappa shape index (κ2) is 9.55. The number of hydrogen-bond donors (Lipinski definition) is 2. The van der Waals surface area contributed by atoms with Crippen molar-refractivity contribution in [1.82, 2.24) is 25.0 Å². The summed E-state index contributed by atoms with van der Waals surface area (Å²) in [4.78, 5) is 13.4. The molecule has 0 amide bonds. The van der Waals surface area contributed by atoms with Crippen molar-refractivity contribution in [3.05, 3.63) is 78.1 Å². The molecule has 0 radical (unpaired) electrons. The molecule has 0 aliphatic rings. The molecule has 150 valence electrons. The minimum atomic E-state index is 0. The third-order valence-electron chi connectivity index (χ3n) is 4.42. The van der Waals surface area contributed by atoms with E-state index in [4.69, 9.17) is 4.42 Å². The fourth-order valence-corrected chi connectivity index (χ4v) is 2.95. The van der Waals surface area contributed by atoms with E-state index in [1.165, 1.54) is 0 Å². The minimum absolute atomic E-state index is 0. The van der Waals surface area contributed by atoms with Crippen LogP contribution in [0.2, 0.25) is 0 Å². The van der Waals surface area contributed by atoms with Gasteiger partial charge in [0, 0.05) is 24.5 Å². The number of rotatable bonds is 5. The molecule has 29 heavy (non-hydrogen) atoms. The lowest BCUT2D eigenvalue weighted by Gasteiger charge is -2.09. The number of benzene rings is 1. The molecule has 8 heteroatoms. The molecule has 0 unspecified atom stereocenters. The monoisotopic (exact) mass is 502 g/mol. The molecule has 4 aromatic rings. The summed E-state index contributed by atoms with van der Waals surface area (Å²) >= 11 is 0. The van der Waals surface area contributed by atoms with Crippen molar-refractivity contribution in [3.63, 3.8) is 0 Å². The molecule has 0 saturated heterocycles. The summed E-state index contributed by atoms with van der Waals surface area (Å²) < 4.78 is 7.64. The summed E-state index contributed by atoms with van der Waals surface area (Å²) in [5.74, 6) is 1.29. The zero-order valence-corrected chi connectivity index (χ0v) is 18.6. The second-order valence-corrected chi connectivity index (χ2v) is 6.42. The number of nitrogens with one attached hydrogen (secondary N) is 2. The first-order valence-corrected chi connectivity index (χ1v) is 9.11. The van der Waals surface area contributed by atoms with Crippen LogP contribution in [0.15, 0.2) is 70.4 Å². The lowest BCUT2D eigenvalue weighted by Crippen LogP contribution is -2.36. The van der Waals surface area contributed by atoms with Crippen LogP contribution in [0.4, 0.5) is 0 Å². The van der Waals surface area contributed by atoms with E-state index in [0.717, 1.165) is 28.3 Å². The van der Waals surface area contributed by atoms with Gasteiger partial charge in [-0.05, 0) is 31.2 Å². The first kappa shape index (κ1) is 20.8. The quantitative estimate of drug-likeness (QED) is 0.247. The summed E-state index contributed by atoms with van der Waals surface area (Å²) in [6.07, 6.45) is 3.70. The van der Waals surface area contributed by atoms with E-state index < -0.39 is 0 Å². The number of nitrogens with zero attached hydrogens (tertiary/aromatic N) is 4. The van der Waals surface area contributed by atoms with Crippen molar-refractivity contribution in [3.8, 4) is 11.5 Å². The van der Waals surface area contributed by atoms with Crippen LogP contribution >= 0.6 is 24.0 Å². The van der Waals surface area contributed by atoms with E-state index >= 15 is 0 Å². The molecule has 2 N–H and O–H groups in total. The topological polar surface area (TPSA) is 79.8 Å². The van der Waals surface area contributed by atoms with Crippen LogP contribution < -0.4 is 10.6 Å². The fourth-order valence-electron chi connectivity index (χ4n) is 2.95. The molecule has 0 aliphatic carbocycles. The van der Waals surface area contributed by atoms with Crippen molar-refractivity contribution in [2.75, 3.05) is 7.05 Å². The van der Waals surface area contributed by atoms with Gasteiger partial charge in [-0.2, -0.15) is 0 Å². The average molecular weight is 502 g/mol. The van der Waals surface area contributed by atoms with E-state index in [-0.39, 0.29) is 24.0 Å². The lowest BCUT2D eigenvalue weighted by molar-refractivity contribution is 0.572. The van der Waals surface area contributed by atoms with E-state index in [0.29, 0.717) is 24.9 Å². The van der Waals surface area contributed by atoms with Crippen LogP contribution in [0.3, 0.4) is 0 Å². The van der Waals surface area contributed by atoms with E-state index in [9.17, 15) is 0 Å². The third-order valence-corrected chi connectivity index (χ3v) is 4.42. The normalized spacial score (nSPS) is 11.3. The highest BCUT2D eigenvalue weighted by atomic mass is 127. The predicted molar refractivity (Wildman–Crippen MR) is 124 cm³/mol. The second-order valence-electron chi connectivity index (χ2n) is 6.42. The number of guanidine groups is 1. The summed E-state index contributed by atoms with van der Waals surface area (Å²) in [6, 6.07) is 15.9. The Balaban J connectivity index is 0.00000240. The zero-order chi connectivity index (χ0) is 19.3. The molecule has 7 nitrogen and oxygen atoms in total. The van der Waals surface area contributed by atoms with Gasteiger partial charge >= 0.3 is 0 Å². The molecule has 0 fully saturated rings. The number of oxazole rings is 1. The molecule has 0 spiro atoms. The molecule has 3 heterocycles. The van der Waals surface area contributed by atoms with Gasteiger partial charge in [-0.1, -0.05) is 24.3 Å². The number of imidazole rings is 1. The van der Waals surface area contributed by atoms with Crippen molar-refractivity contribution < 1.29 is 4.42 Å². The summed E-state index contributed by atoms with van der Waals surface area (Å²) in [7, 11) is 1.74. The Hall–Kier alpha value is -2.88. The van der Waals surface area contributed by atoms with Gasteiger partial charge in [0.1, 0.15) is 11.9 Å². The Morgan fingerprint density at radius 2 is 1.76 bits per heavy atom.